The van der Waals surface area contributed by atoms with Crippen LogP contribution < -0.4 is 16.4 Å². The summed E-state index contributed by atoms with van der Waals surface area (Å²) in [6, 6.07) is 2.15. The van der Waals surface area contributed by atoms with Gasteiger partial charge >= 0.3 is 0 Å². The van der Waals surface area contributed by atoms with Gasteiger partial charge in [0, 0.05) is 18.7 Å². The predicted octanol–water partition coefficient (Wildman–Crippen LogP) is 0.452. The predicted molar refractivity (Wildman–Crippen MR) is 82.7 cm³/mol. The van der Waals surface area contributed by atoms with Crippen LogP contribution >= 0.6 is 0 Å². The van der Waals surface area contributed by atoms with Crippen LogP contribution in [0.15, 0.2) is 18.2 Å². The highest BCUT2D eigenvalue weighted by Crippen LogP contribution is 2.19. The summed E-state index contributed by atoms with van der Waals surface area (Å²) in [6.45, 7) is 1.83. The Bertz CT molecular complexity index is 530. The molecule has 0 bridgehead atoms. The summed E-state index contributed by atoms with van der Waals surface area (Å²) in [6.07, 6.45) is 1.36. The van der Waals surface area contributed by atoms with E-state index in [9.17, 15) is 18.7 Å². The van der Waals surface area contributed by atoms with Crippen LogP contribution in [0.1, 0.15) is 25.3 Å². The zero-order chi connectivity index (χ0) is 17.0. The molecule has 3 atom stereocenters. The van der Waals surface area contributed by atoms with Crippen molar-refractivity contribution in [1.82, 2.24) is 10.6 Å². The third-order valence-corrected chi connectivity index (χ3v) is 3.78. The second-order valence-corrected chi connectivity index (χ2v) is 6.14. The fraction of sp³-hybridized carbons (Fsp3) is 0.562. The van der Waals surface area contributed by atoms with E-state index in [-0.39, 0.29) is 6.42 Å². The van der Waals surface area contributed by atoms with E-state index in [2.05, 4.69) is 10.6 Å². The average molecular weight is 327 g/mol. The van der Waals surface area contributed by atoms with Gasteiger partial charge in [0.2, 0.25) is 5.91 Å². The molecule has 1 amide bonds. The van der Waals surface area contributed by atoms with E-state index in [0.717, 1.165) is 18.9 Å². The molecule has 1 aromatic carbocycles. The Morgan fingerprint density at radius 2 is 1.96 bits per heavy atom. The summed E-state index contributed by atoms with van der Waals surface area (Å²) in [5, 5.41) is 16.1. The third kappa shape index (κ3) is 5.85. The highest BCUT2D eigenvalue weighted by Gasteiger charge is 2.26. The zero-order valence-corrected chi connectivity index (χ0v) is 13.1. The highest BCUT2D eigenvalue weighted by atomic mass is 19.1. The molecule has 0 radical (unpaired) electrons. The van der Waals surface area contributed by atoms with Crippen molar-refractivity contribution in [3.05, 3.63) is 35.4 Å². The molecule has 1 aliphatic carbocycles. The van der Waals surface area contributed by atoms with Gasteiger partial charge in [0.15, 0.2) is 0 Å². The highest BCUT2D eigenvalue weighted by molar-refractivity contribution is 5.81. The van der Waals surface area contributed by atoms with Crippen LogP contribution in [0.4, 0.5) is 8.78 Å². The van der Waals surface area contributed by atoms with Gasteiger partial charge in [0.1, 0.15) is 11.6 Å². The van der Waals surface area contributed by atoms with Crippen molar-refractivity contribution in [3.8, 4) is 0 Å². The summed E-state index contributed by atoms with van der Waals surface area (Å²) in [7, 11) is 0. The number of aliphatic hydroxyl groups is 1. The minimum Gasteiger partial charge on any atom is -0.390 e. The molecule has 0 heterocycles. The van der Waals surface area contributed by atoms with Gasteiger partial charge in [-0.05, 0) is 43.9 Å². The molecule has 1 fully saturated rings. The lowest BCUT2D eigenvalue weighted by Gasteiger charge is -2.25. The van der Waals surface area contributed by atoms with Gasteiger partial charge in [-0.15, -0.1) is 0 Å². The van der Waals surface area contributed by atoms with E-state index >= 15 is 0 Å². The molecule has 128 valence electrons. The summed E-state index contributed by atoms with van der Waals surface area (Å²) in [4.78, 5) is 11.8. The zero-order valence-electron chi connectivity index (χ0n) is 13.1. The molecule has 1 aromatic rings. The number of rotatable bonds is 8. The first-order valence-electron chi connectivity index (χ1n) is 7.77. The number of hydrogen-bond donors (Lipinski definition) is 4. The average Bonchev–Trinajstić information content (AvgIpc) is 3.26. The van der Waals surface area contributed by atoms with Crippen LogP contribution in [0.25, 0.3) is 0 Å². The van der Waals surface area contributed by atoms with Crippen molar-refractivity contribution in [1.29, 1.82) is 0 Å². The fourth-order valence-electron chi connectivity index (χ4n) is 2.30. The molecule has 23 heavy (non-hydrogen) atoms. The van der Waals surface area contributed by atoms with Crippen molar-refractivity contribution in [2.75, 3.05) is 6.54 Å². The number of halogens is 2. The van der Waals surface area contributed by atoms with Gasteiger partial charge in [0.25, 0.3) is 0 Å². The number of aliphatic hydroxyl groups excluding tert-OH is 1. The van der Waals surface area contributed by atoms with E-state index in [0.29, 0.717) is 18.2 Å². The van der Waals surface area contributed by atoms with E-state index in [1.54, 1.807) is 0 Å². The minimum absolute atomic E-state index is 0.112. The van der Waals surface area contributed by atoms with Gasteiger partial charge in [-0.25, -0.2) is 8.78 Å². The van der Waals surface area contributed by atoms with Crippen LogP contribution in [0, 0.1) is 11.6 Å². The van der Waals surface area contributed by atoms with Crippen molar-refractivity contribution >= 4 is 5.91 Å². The number of nitrogens with one attached hydrogen (secondary N) is 2. The maximum Gasteiger partial charge on any atom is 0.236 e. The first-order valence-corrected chi connectivity index (χ1v) is 7.77. The Morgan fingerprint density at radius 3 is 2.48 bits per heavy atom. The van der Waals surface area contributed by atoms with Gasteiger partial charge in [0.05, 0.1) is 18.2 Å². The van der Waals surface area contributed by atoms with E-state index in [1.807, 2.05) is 0 Å². The number of hydrogen-bond acceptors (Lipinski definition) is 4. The van der Waals surface area contributed by atoms with Gasteiger partial charge in [-0.2, -0.15) is 0 Å². The first kappa shape index (κ1) is 17.8. The number of carbonyl (C=O) groups excluding carboxylic acids is 1. The molecular weight excluding hydrogens is 304 g/mol. The Morgan fingerprint density at radius 1 is 1.35 bits per heavy atom. The smallest absolute Gasteiger partial charge is 0.236 e. The molecule has 0 unspecified atom stereocenters. The quantitative estimate of drug-likeness (QED) is 0.558. The molecule has 5 nitrogen and oxygen atoms in total. The van der Waals surface area contributed by atoms with Crippen molar-refractivity contribution < 1.29 is 18.7 Å². The van der Waals surface area contributed by atoms with Crippen LogP contribution in [-0.4, -0.2) is 41.8 Å². The molecule has 2 rings (SSSR count). The number of nitrogens with two attached hydrogens (primary N) is 1. The van der Waals surface area contributed by atoms with E-state index in [1.165, 1.54) is 19.1 Å². The second kappa shape index (κ2) is 7.81. The molecule has 7 heteroatoms. The molecule has 1 saturated carbocycles. The number of amides is 1. The lowest BCUT2D eigenvalue weighted by atomic mass is 10.00. The van der Waals surface area contributed by atoms with Gasteiger partial charge in [-0.1, -0.05) is 0 Å². The monoisotopic (exact) mass is 327 g/mol. The first-order chi connectivity index (χ1) is 10.8. The molecule has 1 aliphatic rings. The number of carbonyl (C=O) groups is 1. The van der Waals surface area contributed by atoms with Crippen LogP contribution in [0.2, 0.25) is 0 Å². The SMILES string of the molecule is C[C@@H](N)C(=O)N[C@@H](Cc1cc(F)cc(F)c1)[C@H](O)CNC1CC1. The van der Waals surface area contributed by atoms with E-state index < -0.39 is 35.7 Å². The fourth-order valence-corrected chi connectivity index (χ4v) is 2.30. The Balaban J connectivity index is 2.05. The van der Waals surface area contributed by atoms with Crippen LogP contribution in [0.5, 0.6) is 0 Å². The Kier molecular flexibility index (Phi) is 6.04. The summed E-state index contributed by atoms with van der Waals surface area (Å²) in [5.41, 5.74) is 5.89. The molecule has 0 spiro atoms. The van der Waals surface area contributed by atoms with Crippen molar-refractivity contribution in [2.45, 2.75) is 50.4 Å². The maximum atomic E-state index is 13.3. The van der Waals surface area contributed by atoms with Crippen molar-refractivity contribution in [2.24, 2.45) is 5.73 Å². The maximum absolute atomic E-state index is 13.3. The summed E-state index contributed by atoms with van der Waals surface area (Å²) < 4.78 is 26.6. The second-order valence-electron chi connectivity index (χ2n) is 6.14. The minimum atomic E-state index is -0.885. The Hall–Kier alpha value is -1.57. The normalized spacial score (nSPS) is 18.3. The standard InChI is InChI=1S/C16H23F2N3O2/c1-9(19)16(23)21-14(15(22)8-20-13-2-3-13)6-10-4-11(17)7-12(18)5-10/h4-5,7,9,13-15,20,22H,2-3,6,8,19H2,1H3,(H,21,23)/t9-,14+,15-/m1/s1. The lowest BCUT2D eigenvalue weighted by molar-refractivity contribution is -0.123. The molecule has 0 aromatic heterocycles. The van der Waals surface area contributed by atoms with E-state index in [4.69, 9.17) is 5.73 Å². The third-order valence-electron chi connectivity index (χ3n) is 3.78. The molecular formula is C16H23F2N3O2. The van der Waals surface area contributed by atoms with Crippen molar-refractivity contribution in [3.63, 3.8) is 0 Å². The Labute approximate surface area is 134 Å². The number of benzene rings is 1. The lowest BCUT2D eigenvalue weighted by Crippen LogP contribution is -2.52. The molecule has 5 N–H and O–H groups in total. The topological polar surface area (TPSA) is 87.4 Å². The molecule has 0 saturated heterocycles. The van der Waals surface area contributed by atoms with Gasteiger partial charge < -0.3 is 21.5 Å². The summed E-state index contributed by atoms with van der Waals surface area (Å²) >= 11 is 0. The van der Waals surface area contributed by atoms with Crippen LogP contribution in [-0.2, 0) is 11.2 Å². The summed E-state index contributed by atoms with van der Waals surface area (Å²) in [5.74, 6) is -1.80. The van der Waals surface area contributed by atoms with Gasteiger partial charge in [-0.3, -0.25) is 4.79 Å². The molecule has 0 aliphatic heterocycles. The van der Waals surface area contributed by atoms with Crippen LogP contribution in [0.3, 0.4) is 0 Å². The largest absolute Gasteiger partial charge is 0.390 e.